The molecule has 4 aromatic carbocycles. The number of aryl methyl sites for hydroxylation is 2. The second-order valence-corrected chi connectivity index (χ2v) is 13.1. The van der Waals surface area contributed by atoms with E-state index in [1.54, 1.807) is 42.5 Å². The lowest BCUT2D eigenvalue weighted by molar-refractivity contribution is -0.139. The number of rotatable bonds is 12. The number of carbonyl (C=O) groups excluding carboxylic acids is 2. The largest absolute Gasteiger partial charge is 0.357 e. The molecule has 1 N–H and O–H groups in total. The highest BCUT2D eigenvalue weighted by Crippen LogP contribution is 2.29. The number of hydrogen-bond donors (Lipinski definition) is 1. The van der Waals surface area contributed by atoms with E-state index in [-0.39, 0.29) is 23.8 Å². The Hall–Kier alpha value is -3.85. The number of hydrogen-bond acceptors (Lipinski definition) is 4. The molecule has 4 rings (SSSR count). The van der Waals surface area contributed by atoms with Gasteiger partial charge in [0.05, 0.1) is 20.6 Å². The summed E-state index contributed by atoms with van der Waals surface area (Å²) in [4.78, 5) is 29.3. The first-order chi connectivity index (χ1) is 21.0. The van der Waals surface area contributed by atoms with Gasteiger partial charge in [-0.1, -0.05) is 102 Å². The number of anilines is 1. The van der Waals surface area contributed by atoms with Gasteiger partial charge in [-0.2, -0.15) is 0 Å². The van der Waals surface area contributed by atoms with Gasteiger partial charge in [0.25, 0.3) is 10.0 Å². The number of likely N-dealkylation sites (N-methyl/N-ethyl adjacent to an activating group) is 1. The van der Waals surface area contributed by atoms with Crippen molar-refractivity contribution in [3.05, 3.63) is 129 Å². The van der Waals surface area contributed by atoms with E-state index in [0.29, 0.717) is 27.7 Å². The van der Waals surface area contributed by atoms with Crippen LogP contribution in [0.2, 0.25) is 10.0 Å². The zero-order valence-corrected chi connectivity index (χ0v) is 27.2. The molecule has 10 heteroatoms. The van der Waals surface area contributed by atoms with Gasteiger partial charge in [-0.05, 0) is 60.4 Å². The summed E-state index contributed by atoms with van der Waals surface area (Å²) in [6.45, 7) is 3.26. The topological polar surface area (TPSA) is 86.8 Å². The number of halogens is 2. The van der Waals surface area contributed by atoms with Gasteiger partial charge in [-0.25, -0.2) is 8.42 Å². The van der Waals surface area contributed by atoms with Crippen molar-refractivity contribution >= 4 is 50.7 Å². The molecule has 0 aromatic heterocycles. The fraction of sp³-hybridized carbons (Fsp3) is 0.235. The standard InChI is InChI=1S/C34H35Cl2N3O4S/c1-4-27-12-8-9-13-31(27)39(44(42,43)28-17-14-24(2)15-18-28)23-33(40)38(22-26-16-19-29(35)30(36)20-26)32(34(41)37-3)21-25-10-6-5-7-11-25/h5-20,32H,4,21-23H2,1-3H3,(H,37,41)/t32-/m0/s1. The van der Waals surface area contributed by atoms with Gasteiger partial charge in [0.15, 0.2) is 0 Å². The van der Waals surface area contributed by atoms with Crippen molar-refractivity contribution in [2.24, 2.45) is 0 Å². The Balaban J connectivity index is 1.82. The van der Waals surface area contributed by atoms with Crippen LogP contribution in [0.1, 0.15) is 29.2 Å². The van der Waals surface area contributed by atoms with Crippen LogP contribution in [-0.4, -0.2) is 44.8 Å². The molecule has 0 aliphatic carbocycles. The van der Waals surface area contributed by atoms with Crippen molar-refractivity contribution in [2.75, 3.05) is 17.9 Å². The molecule has 0 heterocycles. The van der Waals surface area contributed by atoms with E-state index in [0.717, 1.165) is 21.0 Å². The number of para-hydroxylation sites is 1. The summed E-state index contributed by atoms with van der Waals surface area (Å²) in [5, 5.41) is 3.34. The highest BCUT2D eigenvalue weighted by atomic mass is 35.5. The van der Waals surface area contributed by atoms with Crippen LogP contribution in [0.4, 0.5) is 5.69 Å². The summed E-state index contributed by atoms with van der Waals surface area (Å²) in [6.07, 6.45) is 0.760. The molecular formula is C34H35Cl2N3O4S. The third-order valence-electron chi connectivity index (χ3n) is 7.38. The van der Waals surface area contributed by atoms with E-state index < -0.39 is 28.5 Å². The predicted octanol–water partition coefficient (Wildman–Crippen LogP) is 6.45. The van der Waals surface area contributed by atoms with Crippen molar-refractivity contribution in [1.82, 2.24) is 10.2 Å². The van der Waals surface area contributed by atoms with Crippen molar-refractivity contribution in [3.63, 3.8) is 0 Å². The monoisotopic (exact) mass is 651 g/mol. The molecule has 0 bridgehead atoms. The van der Waals surface area contributed by atoms with Crippen LogP contribution in [0.5, 0.6) is 0 Å². The molecule has 44 heavy (non-hydrogen) atoms. The Morgan fingerprint density at radius 3 is 2.14 bits per heavy atom. The second-order valence-electron chi connectivity index (χ2n) is 10.4. The minimum Gasteiger partial charge on any atom is -0.357 e. The first-order valence-electron chi connectivity index (χ1n) is 14.2. The molecule has 1 atom stereocenters. The Kier molecular flexibility index (Phi) is 11.1. The zero-order valence-electron chi connectivity index (χ0n) is 24.8. The molecule has 4 aromatic rings. The molecule has 0 saturated carbocycles. The number of carbonyl (C=O) groups is 2. The number of sulfonamides is 1. The zero-order chi connectivity index (χ0) is 31.9. The van der Waals surface area contributed by atoms with Crippen LogP contribution in [0.15, 0.2) is 102 Å². The van der Waals surface area contributed by atoms with Gasteiger partial charge in [0, 0.05) is 20.0 Å². The second kappa shape index (κ2) is 14.8. The van der Waals surface area contributed by atoms with Gasteiger partial charge < -0.3 is 10.2 Å². The highest BCUT2D eigenvalue weighted by Gasteiger charge is 2.35. The molecule has 0 unspecified atom stereocenters. The van der Waals surface area contributed by atoms with Crippen molar-refractivity contribution < 1.29 is 18.0 Å². The van der Waals surface area contributed by atoms with Crippen molar-refractivity contribution in [2.45, 2.75) is 44.2 Å². The maximum atomic E-state index is 14.4. The van der Waals surface area contributed by atoms with E-state index in [2.05, 4.69) is 5.32 Å². The van der Waals surface area contributed by atoms with E-state index >= 15 is 0 Å². The Bertz CT molecular complexity index is 1710. The van der Waals surface area contributed by atoms with Crippen LogP contribution >= 0.6 is 23.2 Å². The highest BCUT2D eigenvalue weighted by molar-refractivity contribution is 7.92. The lowest BCUT2D eigenvalue weighted by atomic mass is 10.0. The van der Waals surface area contributed by atoms with Crippen LogP contribution < -0.4 is 9.62 Å². The third kappa shape index (κ3) is 7.80. The summed E-state index contributed by atoms with van der Waals surface area (Å²) >= 11 is 12.5. The van der Waals surface area contributed by atoms with Gasteiger partial charge in [0.1, 0.15) is 12.6 Å². The SMILES string of the molecule is CCc1ccccc1N(CC(=O)N(Cc1ccc(Cl)c(Cl)c1)[C@@H](Cc1ccccc1)C(=O)NC)S(=O)(=O)c1ccc(C)cc1. The van der Waals surface area contributed by atoms with Gasteiger partial charge in [-0.15, -0.1) is 0 Å². The Labute approximate surface area is 269 Å². The van der Waals surface area contributed by atoms with Crippen molar-refractivity contribution in [1.29, 1.82) is 0 Å². The van der Waals surface area contributed by atoms with Crippen LogP contribution in [0.25, 0.3) is 0 Å². The number of benzene rings is 4. The van der Waals surface area contributed by atoms with Crippen LogP contribution in [-0.2, 0) is 39.0 Å². The molecule has 7 nitrogen and oxygen atoms in total. The number of nitrogens with one attached hydrogen (secondary N) is 1. The van der Waals surface area contributed by atoms with E-state index in [1.165, 1.54) is 24.1 Å². The van der Waals surface area contributed by atoms with Gasteiger partial charge in [0.2, 0.25) is 11.8 Å². The molecule has 0 saturated heterocycles. The summed E-state index contributed by atoms with van der Waals surface area (Å²) in [5.74, 6) is -0.939. The van der Waals surface area contributed by atoms with Gasteiger partial charge >= 0.3 is 0 Å². The molecule has 230 valence electrons. The third-order valence-corrected chi connectivity index (χ3v) is 9.90. The number of nitrogens with zero attached hydrogens (tertiary/aromatic N) is 2. The summed E-state index contributed by atoms with van der Waals surface area (Å²) in [6, 6.07) is 27.0. The molecule has 0 radical (unpaired) electrons. The fourth-order valence-electron chi connectivity index (χ4n) is 4.96. The Morgan fingerprint density at radius 1 is 0.841 bits per heavy atom. The summed E-state index contributed by atoms with van der Waals surface area (Å²) in [7, 11) is -2.67. The van der Waals surface area contributed by atoms with Gasteiger partial charge in [-0.3, -0.25) is 13.9 Å². The van der Waals surface area contributed by atoms with E-state index in [9.17, 15) is 18.0 Å². The average molecular weight is 653 g/mol. The van der Waals surface area contributed by atoms with Crippen molar-refractivity contribution in [3.8, 4) is 0 Å². The fourth-order valence-corrected chi connectivity index (χ4v) is 6.73. The predicted molar refractivity (Wildman–Crippen MR) is 177 cm³/mol. The summed E-state index contributed by atoms with van der Waals surface area (Å²) in [5.41, 5.74) is 3.55. The Morgan fingerprint density at radius 2 is 1.50 bits per heavy atom. The van der Waals surface area contributed by atoms with Crippen LogP contribution in [0.3, 0.4) is 0 Å². The van der Waals surface area contributed by atoms with E-state index in [4.69, 9.17) is 23.2 Å². The first kappa shape index (κ1) is 33.1. The molecule has 0 aliphatic heterocycles. The molecule has 0 spiro atoms. The van der Waals surface area contributed by atoms with E-state index in [1.807, 2.05) is 56.3 Å². The lowest BCUT2D eigenvalue weighted by Crippen LogP contribution is -2.53. The van der Waals surface area contributed by atoms with Crippen LogP contribution in [0, 0.1) is 6.92 Å². The molecular weight excluding hydrogens is 617 g/mol. The first-order valence-corrected chi connectivity index (χ1v) is 16.4. The number of amides is 2. The lowest BCUT2D eigenvalue weighted by Gasteiger charge is -2.34. The normalized spacial score (nSPS) is 11.9. The molecule has 0 aliphatic rings. The average Bonchev–Trinajstić information content (AvgIpc) is 3.03. The minimum atomic E-state index is -4.18. The quantitative estimate of drug-likeness (QED) is 0.191. The smallest absolute Gasteiger partial charge is 0.264 e. The molecule has 2 amide bonds. The molecule has 0 fully saturated rings. The maximum Gasteiger partial charge on any atom is 0.264 e. The summed E-state index contributed by atoms with van der Waals surface area (Å²) < 4.78 is 29.6. The minimum absolute atomic E-state index is 0.00547. The maximum absolute atomic E-state index is 14.4.